The van der Waals surface area contributed by atoms with Crippen molar-refractivity contribution in [3.05, 3.63) is 59.3 Å². The number of halogens is 3. The summed E-state index contributed by atoms with van der Waals surface area (Å²) in [5, 5.41) is 3.73. The van der Waals surface area contributed by atoms with Crippen molar-refractivity contribution in [3.8, 4) is 0 Å². The first-order valence-corrected chi connectivity index (χ1v) is 7.85. The Morgan fingerprint density at radius 1 is 1.04 bits per heavy atom. The third-order valence-electron chi connectivity index (χ3n) is 3.74. The average molecular weight is 381 g/mol. The van der Waals surface area contributed by atoms with Gasteiger partial charge in [0.25, 0.3) is 5.91 Å². The lowest BCUT2D eigenvalue weighted by Gasteiger charge is -2.34. The second kappa shape index (κ2) is 7.65. The molecule has 0 aliphatic heterocycles. The number of nitrogens with zero attached hydrogens (tertiary/aromatic N) is 1. The van der Waals surface area contributed by atoms with Gasteiger partial charge in [-0.25, -0.2) is 9.78 Å². The van der Waals surface area contributed by atoms with Gasteiger partial charge in [0.1, 0.15) is 5.82 Å². The molecule has 144 valence electrons. The summed E-state index contributed by atoms with van der Waals surface area (Å²) >= 11 is 0. The molecule has 0 saturated carbocycles. The van der Waals surface area contributed by atoms with Gasteiger partial charge in [-0.15, -0.1) is 0 Å². The molecule has 0 spiro atoms. The fourth-order valence-corrected chi connectivity index (χ4v) is 2.30. The zero-order chi connectivity index (χ0) is 20.2. The van der Waals surface area contributed by atoms with E-state index >= 15 is 0 Å². The molecular formula is C18H18F3N3O3. The largest absolute Gasteiger partial charge is 0.466 e. The average Bonchev–Trinajstić information content (AvgIpc) is 2.60. The van der Waals surface area contributed by atoms with E-state index in [0.717, 1.165) is 12.7 Å². The molecule has 0 aliphatic carbocycles. The van der Waals surface area contributed by atoms with Crippen LogP contribution in [0.2, 0.25) is 0 Å². The number of esters is 1. The SMILES string of the molecule is COC(=O)[C@@](NC(=O)c1ccc(C)cc1)(Nc1cccc(C)n1)C(F)(F)F. The van der Waals surface area contributed by atoms with E-state index in [4.69, 9.17) is 0 Å². The van der Waals surface area contributed by atoms with Gasteiger partial charge in [0.05, 0.1) is 7.11 Å². The molecule has 1 heterocycles. The van der Waals surface area contributed by atoms with E-state index in [1.54, 1.807) is 37.4 Å². The van der Waals surface area contributed by atoms with Crippen molar-refractivity contribution in [3.63, 3.8) is 0 Å². The standard InChI is InChI=1S/C18H18F3N3O3/c1-11-7-9-13(10-8-11)15(25)24-17(16(26)27-3,18(19,20)21)23-14-6-4-5-12(2)22-14/h4-10H,1-3H3,(H,22,23)(H,24,25)/t17-/m0/s1. The molecule has 0 fully saturated rings. The van der Waals surface area contributed by atoms with Crippen molar-refractivity contribution in [1.29, 1.82) is 0 Å². The molecule has 2 aromatic rings. The summed E-state index contributed by atoms with van der Waals surface area (Å²) in [6.07, 6.45) is -5.22. The van der Waals surface area contributed by atoms with E-state index in [0.29, 0.717) is 5.69 Å². The number of methoxy groups -OCH3 is 1. The molecule has 0 aliphatic rings. The number of hydrogen-bond acceptors (Lipinski definition) is 5. The summed E-state index contributed by atoms with van der Waals surface area (Å²) in [5.74, 6) is -3.07. The van der Waals surface area contributed by atoms with Crippen molar-refractivity contribution in [2.75, 3.05) is 12.4 Å². The monoisotopic (exact) mass is 381 g/mol. The highest BCUT2D eigenvalue weighted by Gasteiger charge is 2.63. The number of hydrogen-bond donors (Lipinski definition) is 2. The van der Waals surface area contributed by atoms with Crippen molar-refractivity contribution in [1.82, 2.24) is 10.3 Å². The number of carbonyl (C=O) groups is 2. The Balaban J connectivity index is 2.48. The minimum Gasteiger partial charge on any atom is -0.466 e. The van der Waals surface area contributed by atoms with Gasteiger partial charge in [-0.2, -0.15) is 13.2 Å². The van der Waals surface area contributed by atoms with E-state index in [9.17, 15) is 22.8 Å². The molecule has 0 saturated heterocycles. The van der Waals surface area contributed by atoms with Gasteiger partial charge in [-0.3, -0.25) is 4.79 Å². The van der Waals surface area contributed by atoms with Crippen LogP contribution in [0.25, 0.3) is 0 Å². The highest BCUT2D eigenvalue weighted by atomic mass is 19.4. The Morgan fingerprint density at radius 2 is 1.67 bits per heavy atom. The van der Waals surface area contributed by atoms with Crippen LogP contribution in [-0.2, 0) is 9.53 Å². The number of amides is 1. The predicted octanol–water partition coefficient (Wildman–Crippen LogP) is 2.97. The van der Waals surface area contributed by atoms with Crippen molar-refractivity contribution < 1.29 is 27.5 Å². The minimum atomic E-state index is -5.22. The van der Waals surface area contributed by atoms with Crippen LogP contribution in [0.5, 0.6) is 0 Å². The van der Waals surface area contributed by atoms with E-state index < -0.39 is 23.7 Å². The first-order valence-electron chi connectivity index (χ1n) is 7.85. The Kier molecular flexibility index (Phi) is 5.72. The lowest BCUT2D eigenvalue weighted by molar-refractivity contribution is -0.203. The Morgan fingerprint density at radius 3 is 2.19 bits per heavy atom. The highest BCUT2D eigenvalue weighted by Crippen LogP contribution is 2.33. The van der Waals surface area contributed by atoms with Gasteiger partial charge in [0, 0.05) is 11.3 Å². The number of aryl methyl sites for hydroxylation is 2. The van der Waals surface area contributed by atoms with Crippen LogP contribution >= 0.6 is 0 Å². The first kappa shape index (κ1) is 20.2. The minimum absolute atomic E-state index is 0.0443. The van der Waals surface area contributed by atoms with Crippen LogP contribution in [0, 0.1) is 13.8 Å². The molecule has 2 N–H and O–H groups in total. The van der Waals surface area contributed by atoms with E-state index in [1.165, 1.54) is 24.3 Å². The van der Waals surface area contributed by atoms with Crippen LogP contribution in [0.4, 0.5) is 19.0 Å². The topological polar surface area (TPSA) is 80.3 Å². The molecule has 1 aromatic heterocycles. The van der Waals surface area contributed by atoms with Crippen molar-refractivity contribution >= 4 is 17.7 Å². The maximum absolute atomic E-state index is 13.9. The summed E-state index contributed by atoms with van der Waals surface area (Å²) in [5.41, 5.74) is -2.31. The zero-order valence-electron chi connectivity index (χ0n) is 14.8. The fourth-order valence-electron chi connectivity index (χ4n) is 2.30. The lowest BCUT2D eigenvalue weighted by atomic mass is 10.1. The molecule has 6 nitrogen and oxygen atoms in total. The molecule has 27 heavy (non-hydrogen) atoms. The second-order valence-corrected chi connectivity index (χ2v) is 5.85. The summed E-state index contributed by atoms with van der Waals surface area (Å²) in [4.78, 5) is 28.5. The number of nitrogens with one attached hydrogen (secondary N) is 2. The number of pyridine rings is 1. The number of benzene rings is 1. The van der Waals surface area contributed by atoms with Crippen LogP contribution in [0.1, 0.15) is 21.6 Å². The maximum atomic E-state index is 13.9. The second-order valence-electron chi connectivity index (χ2n) is 5.85. The molecule has 0 radical (unpaired) electrons. The van der Waals surface area contributed by atoms with E-state index in [1.807, 2.05) is 5.32 Å². The summed E-state index contributed by atoms with van der Waals surface area (Å²) in [6, 6.07) is 10.1. The number of alkyl halides is 3. The number of carbonyl (C=O) groups excluding carboxylic acids is 2. The fraction of sp³-hybridized carbons (Fsp3) is 0.278. The van der Waals surface area contributed by atoms with E-state index in [2.05, 4.69) is 9.72 Å². The Bertz CT molecular complexity index is 838. The van der Waals surface area contributed by atoms with E-state index in [-0.39, 0.29) is 11.4 Å². The summed E-state index contributed by atoms with van der Waals surface area (Å²) < 4.78 is 46.1. The Hall–Kier alpha value is -3.10. The van der Waals surface area contributed by atoms with Crippen molar-refractivity contribution in [2.24, 2.45) is 0 Å². The number of ether oxygens (including phenoxy) is 1. The summed E-state index contributed by atoms with van der Waals surface area (Å²) in [6.45, 7) is 3.34. The van der Waals surface area contributed by atoms with Crippen molar-refractivity contribution in [2.45, 2.75) is 25.7 Å². The molecule has 1 aromatic carbocycles. The number of anilines is 1. The third kappa shape index (κ3) is 4.36. The molecular weight excluding hydrogens is 363 g/mol. The van der Waals surface area contributed by atoms with Crippen LogP contribution < -0.4 is 10.6 Å². The third-order valence-corrected chi connectivity index (χ3v) is 3.74. The van der Waals surface area contributed by atoms with Gasteiger partial charge in [-0.1, -0.05) is 23.8 Å². The highest BCUT2D eigenvalue weighted by molar-refractivity contribution is 5.99. The van der Waals surface area contributed by atoms with Gasteiger partial charge in [0.2, 0.25) is 0 Å². The molecule has 0 bridgehead atoms. The van der Waals surface area contributed by atoms with Gasteiger partial charge in [0.15, 0.2) is 0 Å². The van der Waals surface area contributed by atoms with Gasteiger partial charge >= 0.3 is 17.8 Å². The maximum Gasteiger partial charge on any atom is 0.441 e. The Labute approximate surface area is 153 Å². The molecule has 2 rings (SSSR count). The van der Waals surface area contributed by atoms with Crippen LogP contribution in [0.15, 0.2) is 42.5 Å². The molecule has 1 amide bonds. The summed E-state index contributed by atoms with van der Waals surface area (Å²) in [7, 11) is 0.798. The normalized spacial score (nSPS) is 13.4. The molecule has 0 unspecified atom stereocenters. The number of rotatable bonds is 5. The van der Waals surface area contributed by atoms with Crippen LogP contribution in [0.3, 0.4) is 0 Å². The smallest absolute Gasteiger partial charge is 0.441 e. The molecule has 9 heteroatoms. The quantitative estimate of drug-likeness (QED) is 0.615. The van der Waals surface area contributed by atoms with Gasteiger partial charge < -0.3 is 15.4 Å². The first-order chi connectivity index (χ1) is 12.6. The predicted molar refractivity (Wildman–Crippen MR) is 92.0 cm³/mol. The molecule has 1 atom stereocenters. The zero-order valence-corrected chi connectivity index (χ0v) is 14.8. The van der Waals surface area contributed by atoms with Crippen LogP contribution in [-0.4, -0.2) is 35.8 Å². The number of aromatic nitrogens is 1. The lowest BCUT2D eigenvalue weighted by Crippen LogP contribution is -2.69. The van der Waals surface area contributed by atoms with Gasteiger partial charge in [-0.05, 0) is 38.1 Å².